The summed E-state index contributed by atoms with van der Waals surface area (Å²) in [5.74, 6) is 0. The highest BCUT2D eigenvalue weighted by atomic mass is 15.0. The van der Waals surface area contributed by atoms with Crippen molar-refractivity contribution in [2.24, 2.45) is 0 Å². The molecule has 0 spiro atoms. The molecular weight excluding hydrogens is 186 g/mol. The highest BCUT2D eigenvalue weighted by Gasteiger charge is 2.14. The van der Waals surface area contributed by atoms with E-state index in [1.54, 1.807) is 12.5 Å². The van der Waals surface area contributed by atoms with Gasteiger partial charge in [0.15, 0.2) is 0 Å². The second kappa shape index (κ2) is 3.50. The minimum atomic E-state index is 0.129. The first-order valence-electron chi connectivity index (χ1n) is 5.01. The first kappa shape index (κ1) is 9.90. The van der Waals surface area contributed by atoms with E-state index in [-0.39, 0.29) is 5.41 Å². The second-order valence-corrected chi connectivity index (χ2v) is 4.65. The zero-order valence-electron chi connectivity index (χ0n) is 9.31. The first-order valence-corrected chi connectivity index (χ1v) is 5.01. The zero-order valence-corrected chi connectivity index (χ0v) is 9.31. The fraction of sp³-hybridized carbons (Fsp3) is 0.333. The maximum Gasteiger partial charge on any atom is 0.0992 e. The lowest BCUT2D eigenvalue weighted by molar-refractivity contribution is 0.587. The van der Waals surface area contributed by atoms with Gasteiger partial charge in [-0.05, 0) is 17.0 Å². The Hall–Kier alpha value is -1.64. The molecule has 0 aliphatic heterocycles. The van der Waals surface area contributed by atoms with Gasteiger partial charge in [-0.3, -0.25) is 4.98 Å². The quantitative estimate of drug-likeness (QED) is 0.710. The van der Waals surface area contributed by atoms with Crippen molar-refractivity contribution in [1.29, 1.82) is 0 Å². The highest BCUT2D eigenvalue weighted by molar-refractivity contribution is 5.34. The predicted molar refractivity (Wildman–Crippen MR) is 60.1 cm³/mol. The van der Waals surface area contributed by atoms with Crippen molar-refractivity contribution in [3.8, 4) is 5.69 Å². The van der Waals surface area contributed by atoms with Crippen LogP contribution in [0.2, 0.25) is 0 Å². The third-order valence-electron chi connectivity index (χ3n) is 2.39. The summed E-state index contributed by atoms with van der Waals surface area (Å²) in [6, 6.07) is 2.15. The lowest BCUT2D eigenvalue weighted by Crippen LogP contribution is -2.12. The van der Waals surface area contributed by atoms with Crippen molar-refractivity contribution < 1.29 is 0 Å². The molecule has 0 radical (unpaired) electrons. The topological polar surface area (TPSA) is 30.7 Å². The molecule has 0 fully saturated rings. The Balaban J connectivity index is 2.44. The van der Waals surface area contributed by atoms with Gasteiger partial charge in [-0.1, -0.05) is 20.8 Å². The maximum absolute atomic E-state index is 4.26. The average Bonchev–Trinajstić information content (AvgIpc) is 2.69. The van der Waals surface area contributed by atoms with E-state index in [9.17, 15) is 0 Å². The molecule has 3 heteroatoms. The molecule has 78 valence electrons. The van der Waals surface area contributed by atoms with Crippen molar-refractivity contribution in [1.82, 2.24) is 14.5 Å². The highest BCUT2D eigenvalue weighted by Crippen LogP contribution is 2.22. The summed E-state index contributed by atoms with van der Waals surface area (Å²) < 4.78 is 1.96. The largest absolute Gasteiger partial charge is 0.305 e. The summed E-state index contributed by atoms with van der Waals surface area (Å²) in [6.45, 7) is 6.55. The van der Waals surface area contributed by atoms with E-state index in [0.717, 1.165) is 5.69 Å². The number of nitrogens with zero attached hydrogens (tertiary/aromatic N) is 3. The van der Waals surface area contributed by atoms with Gasteiger partial charge in [0.05, 0.1) is 18.2 Å². The Morgan fingerprint density at radius 1 is 1.13 bits per heavy atom. The standard InChI is InChI=1S/C12H15N3/c1-12(2,3)10-6-11(8-14-7-10)15-5-4-13-9-15/h4-9H,1-3H3. The van der Waals surface area contributed by atoms with Crippen molar-refractivity contribution in [2.45, 2.75) is 26.2 Å². The van der Waals surface area contributed by atoms with E-state index in [1.807, 2.05) is 23.2 Å². The maximum atomic E-state index is 4.26. The van der Waals surface area contributed by atoms with E-state index < -0.39 is 0 Å². The Morgan fingerprint density at radius 3 is 2.53 bits per heavy atom. The van der Waals surface area contributed by atoms with Gasteiger partial charge in [-0.2, -0.15) is 0 Å². The second-order valence-electron chi connectivity index (χ2n) is 4.65. The molecule has 0 bridgehead atoms. The monoisotopic (exact) mass is 201 g/mol. The molecule has 0 aliphatic rings. The third kappa shape index (κ3) is 2.06. The molecule has 0 amide bonds. The number of imidazole rings is 1. The molecule has 15 heavy (non-hydrogen) atoms. The molecule has 0 N–H and O–H groups in total. The van der Waals surface area contributed by atoms with E-state index >= 15 is 0 Å². The van der Waals surface area contributed by atoms with Gasteiger partial charge in [0.1, 0.15) is 0 Å². The lowest BCUT2D eigenvalue weighted by atomic mass is 9.88. The van der Waals surface area contributed by atoms with E-state index in [0.29, 0.717) is 0 Å². The molecule has 0 saturated carbocycles. The summed E-state index contributed by atoms with van der Waals surface area (Å²) in [6.07, 6.45) is 9.23. The van der Waals surface area contributed by atoms with Gasteiger partial charge in [-0.15, -0.1) is 0 Å². The Kier molecular flexibility index (Phi) is 2.31. The van der Waals surface area contributed by atoms with E-state index in [4.69, 9.17) is 0 Å². The fourth-order valence-electron chi connectivity index (χ4n) is 1.39. The molecule has 0 atom stereocenters. The molecule has 2 aromatic rings. The van der Waals surface area contributed by atoms with Crippen molar-refractivity contribution in [3.63, 3.8) is 0 Å². The molecule has 0 saturated heterocycles. The van der Waals surface area contributed by atoms with Gasteiger partial charge in [-0.25, -0.2) is 4.98 Å². The third-order valence-corrected chi connectivity index (χ3v) is 2.39. The average molecular weight is 201 g/mol. The van der Waals surface area contributed by atoms with Gasteiger partial charge < -0.3 is 4.57 Å². The summed E-state index contributed by atoms with van der Waals surface area (Å²) in [5, 5.41) is 0. The normalized spacial score (nSPS) is 11.7. The van der Waals surface area contributed by atoms with Crippen LogP contribution in [0, 0.1) is 0 Å². The molecule has 0 unspecified atom stereocenters. The van der Waals surface area contributed by atoms with Crippen LogP contribution in [-0.4, -0.2) is 14.5 Å². The molecule has 2 rings (SSSR count). The summed E-state index contributed by atoms with van der Waals surface area (Å²) in [7, 11) is 0. The number of hydrogen-bond acceptors (Lipinski definition) is 2. The van der Waals surface area contributed by atoms with Crippen LogP contribution >= 0.6 is 0 Å². The number of rotatable bonds is 1. The van der Waals surface area contributed by atoms with Crippen molar-refractivity contribution in [3.05, 3.63) is 42.7 Å². The summed E-state index contributed by atoms with van der Waals surface area (Å²) in [4.78, 5) is 8.28. The lowest BCUT2D eigenvalue weighted by Gasteiger charge is -2.19. The van der Waals surface area contributed by atoms with Crippen LogP contribution < -0.4 is 0 Å². The molecule has 3 nitrogen and oxygen atoms in total. The molecule has 0 aromatic carbocycles. The van der Waals surface area contributed by atoms with Gasteiger partial charge in [0.2, 0.25) is 0 Å². The van der Waals surface area contributed by atoms with Crippen LogP contribution in [0.1, 0.15) is 26.3 Å². The van der Waals surface area contributed by atoms with Crippen LogP contribution in [-0.2, 0) is 5.41 Å². The molecule has 0 aliphatic carbocycles. The fourth-order valence-corrected chi connectivity index (χ4v) is 1.39. The number of aromatic nitrogens is 3. The van der Waals surface area contributed by atoms with E-state index in [1.165, 1.54) is 5.56 Å². The van der Waals surface area contributed by atoms with Crippen LogP contribution in [0.4, 0.5) is 0 Å². The molecule has 2 aromatic heterocycles. The Morgan fingerprint density at radius 2 is 1.93 bits per heavy atom. The van der Waals surface area contributed by atoms with Gasteiger partial charge in [0.25, 0.3) is 0 Å². The van der Waals surface area contributed by atoms with Gasteiger partial charge in [0, 0.05) is 18.6 Å². The van der Waals surface area contributed by atoms with Gasteiger partial charge >= 0.3 is 0 Å². The van der Waals surface area contributed by atoms with Crippen LogP contribution in [0.15, 0.2) is 37.2 Å². The molecular formula is C12H15N3. The predicted octanol–water partition coefficient (Wildman–Crippen LogP) is 2.56. The first-order chi connectivity index (χ1) is 7.07. The zero-order chi connectivity index (χ0) is 10.9. The minimum absolute atomic E-state index is 0.129. The van der Waals surface area contributed by atoms with Crippen LogP contribution in [0.5, 0.6) is 0 Å². The molecule has 2 heterocycles. The van der Waals surface area contributed by atoms with Crippen LogP contribution in [0.25, 0.3) is 5.69 Å². The Bertz CT molecular complexity index is 438. The number of hydrogen-bond donors (Lipinski definition) is 0. The van der Waals surface area contributed by atoms with Crippen molar-refractivity contribution in [2.75, 3.05) is 0 Å². The SMILES string of the molecule is CC(C)(C)c1cncc(-n2ccnc2)c1. The summed E-state index contributed by atoms with van der Waals surface area (Å²) in [5.41, 5.74) is 2.41. The van der Waals surface area contributed by atoms with Crippen molar-refractivity contribution >= 4 is 0 Å². The van der Waals surface area contributed by atoms with Crippen LogP contribution in [0.3, 0.4) is 0 Å². The number of pyridine rings is 1. The Labute approximate surface area is 89.8 Å². The smallest absolute Gasteiger partial charge is 0.0992 e. The van der Waals surface area contributed by atoms with E-state index in [2.05, 4.69) is 36.8 Å². The summed E-state index contributed by atoms with van der Waals surface area (Å²) >= 11 is 0. The minimum Gasteiger partial charge on any atom is -0.305 e.